The SMILES string of the molecule is CC(CC(=O)O)Nc1ccc(C#N)n(C)c1=O. The number of hydrogen-bond acceptors (Lipinski definition) is 4. The van der Waals surface area contributed by atoms with Crippen LogP contribution in [-0.4, -0.2) is 21.7 Å². The van der Waals surface area contributed by atoms with Crippen molar-refractivity contribution in [1.29, 1.82) is 5.26 Å². The largest absolute Gasteiger partial charge is 0.481 e. The highest BCUT2D eigenvalue weighted by Crippen LogP contribution is 2.05. The van der Waals surface area contributed by atoms with E-state index in [1.807, 2.05) is 6.07 Å². The first-order valence-corrected chi connectivity index (χ1v) is 5.04. The minimum atomic E-state index is -0.935. The van der Waals surface area contributed by atoms with Crippen molar-refractivity contribution in [3.05, 3.63) is 28.2 Å². The third kappa shape index (κ3) is 3.08. The molecule has 0 aliphatic heterocycles. The molecule has 0 spiro atoms. The van der Waals surface area contributed by atoms with E-state index in [4.69, 9.17) is 10.4 Å². The van der Waals surface area contributed by atoms with Gasteiger partial charge in [-0.2, -0.15) is 5.26 Å². The van der Waals surface area contributed by atoms with Crippen molar-refractivity contribution in [1.82, 2.24) is 4.57 Å². The molecule has 0 bridgehead atoms. The van der Waals surface area contributed by atoms with Gasteiger partial charge in [0.15, 0.2) is 0 Å². The molecular weight excluding hydrogens is 222 g/mol. The molecule has 0 saturated heterocycles. The van der Waals surface area contributed by atoms with Crippen LogP contribution in [-0.2, 0) is 11.8 Å². The van der Waals surface area contributed by atoms with Crippen LogP contribution in [0.25, 0.3) is 0 Å². The van der Waals surface area contributed by atoms with Crippen molar-refractivity contribution in [2.45, 2.75) is 19.4 Å². The molecule has 90 valence electrons. The number of pyridine rings is 1. The second-order valence-corrected chi connectivity index (χ2v) is 3.75. The summed E-state index contributed by atoms with van der Waals surface area (Å²) >= 11 is 0. The molecule has 1 atom stereocenters. The van der Waals surface area contributed by atoms with Crippen LogP contribution >= 0.6 is 0 Å². The Bertz CT molecular complexity index is 528. The van der Waals surface area contributed by atoms with E-state index >= 15 is 0 Å². The first kappa shape index (κ1) is 12.8. The minimum Gasteiger partial charge on any atom is -0.481 e. The Labute approximate surface area is 98.1 Å². The smallest absolute Gasteiger partial charge is 0.305 e. The number of carboxylic acids is 1. The number of anilines is 1. The van der Waals surface area contributed by atoms with E-state index in [-0.39, 0.29) is 23.7 Å². The van der Waals surface area contributed by atoms with E-state index < -0.39 is 5.97 Å². The van der Waals surface area contributed by atoms with Crippen LogP contribution in [0.5, 0.6) is 0 Å². The third-order valence-electron chi connectivity index (χ3n) is 2.30. The van der Waals surface area contributed by atoms with Gasteiger partial charge in [-0.1, -0.05) is 0 Å². The Kier molecular flexibility index (Phi) is 3.88. The predicted octanol–water partition coefficient (Wildman–Crippen LogP) is 0.532. The van der Waals surface area contributed by atoms with Gasteiger partial charge in [-0.05, 0) is 19.1 Å². The number of nitrogens with zero attached hydrogens (tertiary/aromatic N) is 2. The van der Waals surface area contributed by atoms with Crippen molar-refractivity contribution >= 4 is 11.7 Å². The second-order valence-electron chi connectivity index (χ2n) is 3.75. The van der Waals surface area contributed by atoms with Crippen molar-refractivity contribution in [3.8, 4) is 6.07 Å². The van der Waals surface area contributed by atoms with Crippen molar-refractivity contribution < 1.29 is 9.90 Å². The number of hydrogen-bond donors (Lipinski definition) is 2. The fraction of sp³-hybridized carbons (Fsp3) is 0.364. The lowest BCUT2D eigenvalue weighted by molar-refractivity contribution is -0.137. The van der Waals surface area contributed by atoms with Crippen LogP contribution in [0.3, 0.4) is 0 Å². The summed E-state index contributed by atoms with van der Waals surface area (Å²) in [5.41, 5.74) is 0.202. The summed E-state index contributed by atoms with van der Waals surface area (Å²) in [6.07, 6.45) is -0.0802. The average Bonchev–Trinajstić information content (AvgIpc) is 2.24. The molecule has 1 rings (SSSR count). The summed E-state index contributed by atoms with van der Waals surface area (Å²) < 4.78 is 1.22. The average molecular weight is 235 g/mol. The van der Waals surface area contributed by atoms with Gasteiger partial charge in [0.05, 0.1) is 6.42 Å². The molecule has 1 aromatic heterocycles. The highest BCUT2D eigenvalue weighted by atomic mass is 16.4. The predicted molar refractivity (Wildman–Crippen MR) is 61.7 cm³/mol. The van der Waals surface area contributed by atoms with Crippen LogP contribution in [0, 0.1) is 11.3 Å². The van der Waals surface area contributed by atoms with Gasteiger partial charge in [0.25, 0.3) is 5.56 Å². The van der Waals surface area contributed by atoms with Gasteiger partial charge in [0.1, 0.15) is 17.5 Å². The van der Waals surface area contributed by atoms with Crippen molar-refractivity contribution in [2.24, 2.45) is 7.05 Å². The van der Waals surface area contributed by atoms with E-state index in [9.17, 15) is 9.59 Å². The summed E-state index contributed by atoms with van der Waals surface area (Å²) in [4.78, 5) is 22.3. The molecule has 1 unspecified atom stereocenters. The molecule has 0 amide bonds. The van der Waals surface area contributed by atoms with E-state index in [2.05, 4.69) is 5.32 Å². The monoisotopic (exact) mass is 235 g/mol. The van der Waals surface area contributed by atoms with Gasteiger partial charge in [-0.15, -0.1) is 0 Å². The topological polar surface area (TPSA) is 95.1 Å². The van der Waals surface area contributed by atoms with Gasteiger partial charge >= 0.3 is 5.97 Å². The summed E-state index contributed by atoms with van der Waals surface area (Å²) in [5.74, 6) is -0.935. The number of aliphatic carboxylic acids is 1. The Morgan fingerprint density at radius 3 is 2.82 bits per heavy atom. The van der Waals surface area contributed by atoms with Gasteiger partial charge in [-0.25, -0.2) is 0 Å². The maximum atomic E-state index is 11.8. The molecular formula is C11H13N3O3. The maximum absolute atomic E-state index is 11.8. The standard InChI is InChI=1S/C11H13N3O3/c1-7(5-10(15)16)13-9-4-3-8(6-12)14(2)11(9)17/h3-4,7,13H,5H2,1-2H3,(H,15,16). The zero-order valence-corrected chi connectivity index (χ0v) is 9.60. The van der Waals surface area contributed by atoms with Gasteiger partial charge in [0.2, 0.25) is 0 Å². The molecule has 0 saturated carbocycles. The minimum absolute atomic E-state index is 0.0802. The number of carbonyl (C=O) groups is 1. The van der Waals surface area contributed by atoms with Crippen LogP contribution in [0.15, 0.2) is 16.9 Å². The number of nitrogens with one attached hydrogen (secondary N) is 1. The first-order chi connectivity index (χ1) is 7.95. The molecule has 0 fully saturated rings. The zero-order chi connectivity index (χ0) is 13.0. The van der Waals surface area contributed by atoms with Crippen LogP contribution in [0.1, 0.15) is 19.0 Å². The molecule has 0 aromatic carbocycles. The lowest BCUT2D eigenvalue weighted by Gasteiger charge is -2.13. The van der Waals surface area contributed by atoms with Gasteiger partial charge < -0.3 is 15.0 Å². The van der Waals surface area contributed by atoms with E-state index in [0.29, 0.717) is 5.69 Å². The summed E-state index contributed by atoms with van der Waals surface area (Å²) in [5, 5.41) is 20.1. The number of aromatic nitrogens is 1. The van der Waals surface area contributed by atoms with Gasteiger partial charge in [-0.3, -0.25) is 9.59 Å². The molecule has 17 heavy (non-hydrogen) atoms. The lowest BCUT2D eigenvalue weighted by Crippen LogP contribution is -2.27. The fourth-order valence-corrected chi connectivity index (χ4v) is 1.44. The van der Waals surface area contributed by atoms with E-state index in [1.54, 1.807) is 6.92 Å². The van der Waals surface area contributed by atoms with E-state index in [0.717, 1.165) is 0 Å². The molecule has 2 N–H and O–H groups in total. The first-order valence-electron chi connectivity index (χ1n) is 5.04. The highest BCUT2D eigenvalue weighted by Gasteiger charge is 2.10. The van der Waals surface area contributed by atoms with Gasteiger partial charge in [0, 0.05) is 13.1 Å². The van der Waals surface area contributed by atoms with Crippen LogP contribution < -0.4 is 10.9 Å². The third-order valence-corrected chi connectivity index (χ3v) is 2.30. The number of rotatable bonds is 4. The number of carboxylic acid groups (broad SMARTS) is 1. The number of nitriles is 1. The van der Waals surface area contributed by atoms with Crippen LogP contribution in [0.2, 0.25) is 0 Å². The molecule has 6 nitrogen and oxygen atoms in total. The quantitative estimate of drug-likeness (QED) is 0.793. The molecule has 1 aromatic rings. The molecule has 0 radical (unpaired) electrons. The zero-order valence-electron chi connectivity index (χ0n) is 9.60. The summed E-state index contributed by atoms with van der Waals surface area (Å²) in [6, 6.07) is 4.53. The molecule has 6 heteroatoms. The fourth-order valence-electron chi connectivity index (χ4n) is 1.44. The second kappa shape index (κ2) is 5.16. The Balaban J connectivity index is 2.95. The van der Waals surface area contributed by atoms with Crippen LogP contribution in [0.4, 0.5) is 5.69 Å². The van der Waals surface area contributed by atoms with Crippen molar-refractivity contribution in [2.75, 3.05) is 5.32 Å². The Morgan fingerprint density at radius 1 is 1.65 bits per heavy atom. The molecule has 0 aliphatic rings. The van der Waals surface area contributed by atoms with Crippen molar-refractivity contribution in [3.63, 3.8) is 0 Å². The lowest BCUT2D eigenvalue weighted by atomic mass is 10.2. The Hall–Kier alpha value is -2.29. The molecule has 1 heterocycles. The molecule has 0 aliphatic carbocycles. The summed E-state index contributed by atoms with van der Waals surface area (Å²) in [6.45, 7) is 1.67. The highest BCUT2D eigenvalue weighted by molar-refractivity contribution is 5.68. The van der Waals surface area contributed by atoms with E-state index in [1.165, 1.54) is 23.7 Å². The normalized spacial score (nSPS) is 11.6. The summed E-state index contributed by atoms with van der Waals surface area (Å²) in [7, 11) is 1.49. The Morgan fingerprint density at radius 2 is 2.29 bits per heavy atom. The maximum Gasteiger partial charge on any atom is 0.305 e.